The zero-order valence-electron chi connectivity index (χ0n) is 14.5. The molecule has 1 N–H and O–H groups in total. The number of methoxy groups -OCH3 is 1. The Morgan fingerprint density at radius 1 is 0.926 bits per heavy atom. The minimum Gasteiger partial charge on any atom is -0.497 e. The fourth-order valence-corrected chi connectivity index (χ4v) is 4.70. The molecule has 5 aromatic rings. The summed E-state index contributed by atoms with van der Waals surface area (Å²) in [5.41, 5.74) is 3.04. The van der Waals surface area contributed by atoms with E-state index in [4.69, 9.17) is 9.72 Å². The number of ether oxygens (including phenoxy) is 1. The standard InChI is InChI=1S/C21H15N3OS2/c1-25-14-9-10-19-17(11-14)22-21(27-19)24-20-23-18(12-26-20)16-8-4-6-13-5-2-3-7-15(13)16/h2-12H,1H3,(H,22,23,24). The molecular formula is C21H15N3OS2. The lowest BCUT2D eigenvalue weighted by Crippen LogP contribution is -1.88. The Kier molecular flexibility index (Phi) is 3.99. The quantitative estimate of drug-likeness (QED) is 0.390. The van der Waals surface area contributed by atoms with E-state index in [1.54, 1.807) is 29.8 Å². The number of fused-ring (bicyclic) bond motifs is 2. The first-order valence-corrected chi connectivity index (χ1v) is 10.1. The summed E-state index contributed by atoms with van der Waals surface area (Å²) in [5.74, 6) is 0.812. The summed E-state index contributed by atoms with van der Waals surface area (Å²) in [7, 11) is 1.66. The van der Waals surface area contributed by atoms with Crippen molar-refractivity contribution in [3.63, 3.8) is 0 Å². The molecule has 2 heterocycles. The van der Waals surface area contributed by atoms with E-state index in [0.29, 0.717) is 0 Å². The van der Waals surface area contributed by atoms with Gasteiger partial charge in [-0.25, -0.2) is 9.97 Å². The van der Waals surface area contributed by atoms with Gasteiger partial charge >= 0.3 is 0 Å². The smallest absolute Gasteiger partial charge is 0.190 e. The molecule has 0 atom stereocenters. The first-order valence-electron chi connectivity index (χ1n) is 8.45. The van der Waals surface area contributed by atoms with Crippen molar-refractivity contribution in [2.75, 3.05) is 12.4 Å². The molecule has 0 aliphatic carbocycles. The maximum Gasteiger partial charge on any atom is 0.190 e. The van der Waals surface area contributed by atoms with Crippen LogP contribution in [0.3, 0.4) is 0 Å². The zero-order valence-corrected chi connectivity index (χ0v) is 16.1. The summed E-state index contributed by atoms with van der Waals surface area (Å²) in [6.45, 7) is 0. The lowest BCUT2D eigenvalue weighted by molar-refractivity contribution is 0.415. The third-order valence-corrected chi connectivity index (χ3v) is 6.09. The second kappa shape index (κ2) is 6.64. The molecule has 0 aliphatic heterocycles. The summed E-state index contributed by atoms with van der Waals surface area (Å²) in [6.07, 6.45) is 0. The summed E-state index contributed by atoms with van der Waals surface area (Å²) in [6, 6.07) is 20.6. The van der Waals surface area contributed by atoms with Crippen LogP contribution in [0.4, 0.5) is 10.3 Å². The molecule has 5 rings (SSSR count). The third-order valence-electron chi connectivity index (χ3n) is 4.38. The van der Waals surface area contributed by atoms with Crippen LogP contribution in [0.15, 0.2) is 66.0 Å². The van der Waals surface area contributed by atoms with Gasteiger partial charge in [0.25, 0.3) is 0 Å². The van der Waals surface area contributed by atoms with E-state index in [1.807, 2.05) is 18.2 Å². The van der Waals surface area contributed by atoms with Crippen LogP contribution in [0.2, 0.25) is 0 Å². The molecule has 0 unspecified atom stereocenters. The number of nitrogens with zero attached hydrogens (tertiary/aromatic N) is 2. The minimum absolute atomic E-state index is 0.812. The molecule has 3 aromatic carbocycles. The SMILES string of the molecule is COc1ccc2sc(Nc3nc(-c4cccc5ccccc45)cs3)nc2c1. The van der Waals surface area contributed by atoms with Crippen molar-refractivity contribution in [3.05, 3.63) is 66.0 Å². The number of hydrogen-bond donors (Lipinski definition) is 1. The highest BCUT2D eigenvalue weighted by molar-refractivity contribution is 7.22. The van der Waals surface area contributed by atoms with Crippen LogP contribution in [0.5, 0.6) is 5.75 Å². The highest BCUT2D eigenvalue weighted by Crippen LogP contribution is 2.34. The molecule has 0 radical (unpaired) electrons. The Balaban J connectivity index is 1.47. The summed E-state index contributed by atoms with van der Waals surface area (Å²) in [5, 5.41) is 9.53. The molecule has 0 bridgehead atoms. The van der Waals surface area contributed by atoms with Crippen molar-refractivity contribution in [1.29, 1.82) is 0 Å². The van der Waals surface area contributed by atoms with Gasteiger partial charge in [0.15, 0.2) is 10.3 Å². The number of thiazole rings is 2. The van der Waals surface area contributed by atoms with Crippen LogP contribution in [0.25, 0.3) is 32.2 Å². The van der Waals surface area contributed by atoms with E-state index in [0.717, 1.165) is 37.5 Å². The van der Waals surface area contributed by atoms with Crippen LogP contribution < -0.4 is 10.1 Å². The van der Waals surface area contributed by atoms with E-state index in [2.05, 4.69) is 58.1 Å². The number of hydrogen-bond acceptors (Lipinski definition) is 6. The number of benzene rings is 3. The van der Waals surface area contributed by atoms with E-state index in [-0.39, 0.29) is 0 Å². The molecule has 0 saturated carbocycles. The van der Waals surface area contributed by atoms with E-state index >= 15 is 0 Å². The van der Waals surface area contributed by atoms with Gasteiger partial charge in [0.05, 0.1) is 23.0 Å². The van der Waals surface area contributed by atoms with Crippen LogP contribution in [-0.2, 0) is 0 Å². The van der Waals surface area contributed by atoms with Gasteiger partial charge in [-0.3, -0.25) is 0 Å². The molecule has 6 heteroatoms. The second-order valence-electron chi connectivity index (χ2n) is 6.04. The lowest BCUT2D eigenvalue weighted by Gasteiger charge is -2.03. The summed E-state index contributed by atoms with van der Waals surface area (Å²) in [4.78, 5) is 9.42. The molecule has 2 aromatic heterocycles. The van der Waals surface area contributed by atoms with Crippen LogP contribution in [0, 0.1) is 0 Å². The van der Waals surface area contributed by atoms with Crippen molar-refractivity contribution >= 4 is 53.9 Å². The number of anilines is 2. The van der Waals surface area contributed by atoms with Crippen molar-refractivity contribution in [2.45, 2.75) is 0 Å². The topological polar surface area (TPSA) is 47.0 Å². The Morgan fingerprint density at radius 3 is 2.74 bits per heavy atom. The maximum atomic E-state index is 5.27. The van der Waals surface area contributed by atoms with Crippen molar-refractivity contribution in [1.82, 2.24) is 9.97 Å². The Hall–Kier alpha value is -2.96. The first-order chi connectivity index (χ1) is 13.3. The van der Waals surface area contributed by atoms with Gasteiger partial charge in [-0.15, -0.1) is 11.3 Å². The zero-order chi connectivity index (χ0) is 18.2. The van der Waals surface area contributed by atoms with Crippen LogP contribution in [0.1, 0.15) is 0 Å². The normalized spacial score (nSPS) is 11.1. The van der Waals surface area contributed by atoms with E-state index < -0.39 is 0 Å². The average Bonchev–Trinajstić information content (AvgIpc) is 3.33. The minimum atomic E-state index is 0.812. The van der Waals surface area contributed by atoms with Gasteiger partial charge in [-0.05, 0) is 22.9 Å². The highest BCUT2D eigenvalue weighted by Gasteiger charge is 2.10. The Bertz CT molecular complexity index is 1250. The largest absolute Gasteiger partial charge is 0.497 e. The van der Waals surface area contributed by atoms with Crippen molar-refractivity contribution < 1.29 is 4.74 Å². The van der Waals surface area contributed by atoms with Gasteiger partial charge in [0.2, 0.25) is 0 Å². The van der Waals surface area contributed by atoms with Gasteiger partial charge in [0, 0.05) is 17.0 Å². The molecule has 132 valence electrons. The molecular weight excluding hydrogens is 374 g/mol. The Labute approximate surface area is 164 Å². The average molecular weight is 390 g/mol. The fraction of sp³-hybridized carbons (Fsp3) is 0.0476. The monoisotopic (exact) mass is 389 g/mol. The van der Waals surface area contributed by atoms with Gasteiger partial charge in [0.1, 0.15) is 5.75 Å². The number of aromatic nitrogens is 2. The maximum absolute atomic E-state index is 5.27. The van der Waals surface area contributed by atoms with Crippen LogP contribution >= 0.6 is 22.7 Å². The first kappa shape index (κ1) is 16.2. The fourth-order valence-electron chi connectivity index (χ4n) is 3.08. The van der Waals surface area contributed by atoms with E-state index in [9.17, 15) is 0 Å². The predicted octanol–water partition coefficient (Wildman–Crippen LogP) is 6.33. The molecule has 0 fully saturated rings. The highest BCUT2D eigenvalue weighted by atomic mass is 32.1. The number of nitrogens with one attached hydrogen (secondary N) is 1. The summed E-state index contributed by atoms with van der Waals surface area (Å²) < 4.78 is 6.39. The molecule has 0 saturated heterocycles. The van der Waals surface area contributed by atoms with Gasteiger partial charge < -0.3 is 10.1 Å². The number of rotatable bonds is 4. The molecule has 0 amide bonds. The predicted molar refractivity (Wildman–Crippen MR) is 115 cm³/mol. The van der Waals surface area contributed by atoms with E-state index in [1.165, 1.54) is 10.8 Å². The molecule has 0 spiro atoms. The lowest BCUT2D eigenvalue weighted by atomic mass is 10.0. The molecule has 27 heavy (non-hydrogen) atoms. The molecule has 0 aliphatic rings. The summed E-state index contributed by atoms with van der Waals surface area (Å²) >= 11 is 3.19. The second-order valence-corrected chi connectivity index (χ2v) is 7.93. The Morgan fingerprint density at radius 2 is 1.81 bits per heavy atom. The van der Waals surface area contributed by atoms with Crippen molar-refractivity contribution in [2.24, 2.45) is 0 Å². The van der Waals surface area contributed by atoms with Gasteiger partial charge in [-0.1, -0.05) is 53.8 Å². The van der Waals surface area contributed by atoms with Gasteiger partial charge in [-0.2, -0.15) is 0 Å². The third kappa shape index (κ3) is 3.03. The van der Waals surface area contributed by atoms with Crippen LogP contribution in [-0.4, -0.2) is 17.1 Å². The van der Waals surface area contributed by atoms with Crippen molar-refractivity contribution in [3.8, 4) is 17.0 Å². The molecule has 4 nitrogen and oxygen atoms in total.